The molecule has 23 heavy (non-hydrogen) atoms. The Balaban J connectivity index is 2.07. The topological polar surface area (TPSA) is 59.8 Å². The Morgan fingerprint density at radius 2 is 2.17 bits per heavy atom. The smallest absolute Gasteiger partial charge is 0.307 e. The number of rotatable bonds is 6. The highest BCUT2D eigenvalue weighted by Crippen LogP contribution is 2.28. The van der Waals surface area contributed by atoms with Crippen molar-refractivity contribution >= 4 is 18.0 Å². The van der Waals surface area contributed by atoms with E-state index >= 15 is 0 Å². The van der Waals surface area contributed by atoms with Gasteiger partial charge in [0.1, 0.15) is 5.76 Å². The molecule has 0 aliphatic heterocycles. The van der Waals surface area contributed by atoms with E-state index in [0.29, 0.717) is 18.2 Å². The van der Waals surface area contributed by atoms with Gasteiger partial charge in [0.2, 0.25) is 5.91 Å². The van der Waals surface area contributed by atoms with Gasteiger partial charge in [-0.1, -0.05) is 19.8 Å². The van der Waals surface area contributed by atoms with Crippen LogP contribution in [0.4, 0.5) is 0 Å². The molecule has 1 aromatic heterocycles. The summed E-state index contributed by atoms with van der Waals surface area (Å²) < 4.78 is 9.92. The van der Waals surface area contributed by atoms with Crippen molar-refractivity contribution in [3.63, 3.8) is 0 Å². The molecule has 2 atom stereocenters. The molecule has 1 aromatic rings. The lowest BCUT2D eigenvalue weighted by atomic mass is 9.84. The molecule has 1 aliphatic carbocycles. The van der Waals surface area contributed by atoms with E-state index in [2.05, 4.69) is 6.92 Å². The van der Waals surface area contributed by atoms with Crippen LogP contribution >= 0.6 is 0 Å². The van der Waals surface area contributed by atoms with E-state index in [1.54, 1.807) is 24.5 Å². The number of methoxy groups -OCH3 is 1. The SMILES string of the molecule is COC(=O)CCN(C(=O)/C=C/c1ccco1)C1CCCCC1C. The minimum Gasteiger partial charge on any atom is -0.469 e. The molecular formula is C18H25NO4. The maximum Gasteiger partial charge on any atom is 0.307 e. The van der Waals surface area contributed by atoms with Crippen LogP contribution in [-0.4, -0.2) is 36.5 Å². The van der Waals surface area contributed by atoms with Crippen LogP contribution in [0.1, 0.15) is 44.8 Å². The Morgan fingerprint density at radius 1 is 1.39 bits per heavy atom. The fourth-order valence-corrected chi connectivity index (χ4v) is 3.15. The van der Waals surface area contributed by atoms with Crippen LogP contribution in [0.3, 0.4) is 0 Å². The molecule has 2 rings (SSSR count). The van der Waals surface area contributed by atoms with Gasteiger partial charge in [-0.3, -0.25) is 9.59 Å². The average molecular weight is 319 g/mol. The number of hydrogen-bond acceptors (Lipinski definition) is 4. The molecule has 126 valence electrons. The quantitative estimate of drug-likeness (QED) is 0.596. The lowest BCUT2D eigenvalue weighted by molar-refractivity contribution is -0.142. The summed E-state index contributed by atoms with van der Waals surface area (Å²) in [5.41, 5.74) is 0. The number of carbonyl (C=O) groups is 2. The zero-order valence-electron chi connectivity index (χ0n) is 13.9. The van der Waals surface area contributed by atoms with Gasteiger partial charge in [0.05, 0.1) is 19.8 Å². The number of amides is 1. The van der Waals surface area contributed by atoms with Crippen molar-refractivity contribution in [3.8, 4) is 0 Å². The van der Waals surface area contributed by atoms with E-state index in [1.165, 1.54) is 19.6 Å². The van der Waals surface area contributed by atoms with Crippen LogP contribution in [0.15, 0.2) is 28.9 Å². The lowest BCUT2D eigenvalue weighted by Gasteiger charge is -2.38. The molecule has 1 saturated carbocycles. The normalized spacial score (nSPS) is 21.3. The van der Waals surface area contributed by atoms with Gasteiger partial charge in [-0.05, 0) is 37.0 Å². The highest BCUT2D eigenvalue weighted by Gasteiger charge is 2.29. The van der Waals surface area contributed by atoms with Gasteiger partial charge < -0.3 is 14.1 Å². The molecule has 1 aliphatic rings. The maximum atomic E-state index is 12.6. The molecule has 5 heteroatoms. The first kappa shape index (κ1) is 17.3. The Kier molecular flexibility index (Phi) is 6.44. The van der Waals surface area contributed by atoms with Gasteiger partial charge >= 0.3 is 5.97 Å². The van der Waals surface area contributed by atoms with Gasteiger partial charge in [-0.15, -0.1) is 0 Å². The van der Waals surface area contributed by atoms with Crippen LogP contribution in [-0.2, 0) is 14.3 Å². The summed E-state index contributed by atoms with van der Waals surface area (Å²) in [4.78, 5) is 25.9. The second kappa shape index (κ2) is 8.56. The van der Waals surface area contributed by atoms with E-state index < -0.39 is 0 Å². The Labute approximate surface area is 137 Å². The first-order valence-electron chi connectivity index (χ1n) is 8.21. The summed E-state index contributed by atoms with van der Waals surface area (Å²) in [6, 6.07) is 3.76. The fraction of sp³-hybridized carbons (Fsp3) is 0.556. The molecular weight excluding hydrogens is 294 g/mol. The van der Waals surface area contributed by atoms with Gasteiger partial charge in [0.25, 0.3) is 0 Å². The van der Waals surface area contributed by atoms with Gasteiger partial charge in [-0.2, -0.15) is 0 Å². The number of carbonyl (C=O) groups excluding carboxylic acids is 2. The third kappa shape index (κ3) is 4.98. The number of esters is 1. The predicted molar refractivity (Wildman–Crippen MR) is 87.5 cm³/mol. The molecule has 1 fully saturated rings. The molecule has 0 radical (unpaired) electrons. The van der Waals surface area contributed by atoms with E-state index in [-0.39, 0.29) is 24.3 Å². The van der Waals surface area contributed by atoms with E-state index in [0.717, 1.165) is 19.3 Å². The summed E-state index contributed by atoms with van der Waals surface area (Å²) in [6.07, 6.45) is 9.43. The minimum absolute atomic E-state index is 0.0796. The number of ether oxygens (including phenoxy) is 1. The molecule has 0 saturated heterocycles. The maximum absolute atomic E-state index is 12.6. The highest BCUT2D eigenvalue weighted by atomic mass is 16.5. The number of hydrogen-bond donors (Lipinski definition) is 0. The standard InChI is InChI=1S/C18H25NO4/c1-14-6-3-4-8-16(14)19(12-11-18(21)22-2)17(20)10-9-15-7-5-13-23-15/h5,7,9-10,13-14,16H,3-4,6,8,11-12H2,1-2H3/b10-9+. The Bertz CT molecular complexity index is 535. The van der Waals surface area contributed by atoms with Crippen molar-refractivity contribution in [2.45, 2.75) is 45.1 Å². The van der Waals surface area contributed by atoms with Crippen LogP contribution in [0.25, 0.3) is 6.08 Å². The zero-order valence-corrected chi connectivity index (χ0v) is 13.9. The molecule has 0 aromatic carbocycles. The Hall–Kier alpha value is -2.04. The van der Waals surface area contributed by atoms with Gasteiger partial charge in [0.15, 0.2) is 0 Å². The Morgan fingerprint density at radius 3 is 2.83 bits per heavy atom. The molecule has 0 bridgehead atoms. The third-order valence-corrected chi connectivity index (χ3v) is 4.47. The first-order valence-corrected chi connectivity index (χ1v) is 8.21. The van der Waals surface area contributed by atoms with Gasteiger partial charge in [-0.25, -0.2) is 0 Å². The van der Waals surface area contributed by atoms with Crippen LogP contribution in [0.2, 0.25) is 0 Å². The third-order valence-electron chi connectivity index (χ3n) is 4.47. The van der Waals surface area contributed by atoms with Crippen molar-refractivity contribution in [2.75, 3.05) is 13.7 Å². The molecule has 2 unspecified atom stereocenters. The lowest BCUT2D eigenvalue weighted by Crippen LogP contribution is -2.45. The van der Waals surface area contributed by atoms with Crippen molar-refractivity contribution in [3.05, 3.63) is 30.2 Å². The van der Waals surface area contributed by atoms with Crippen molar-refractivity contribution < 1.29 is 18.7 Å². The molecule has 1 heterocycles. The molecule has 0 spiro atoms. The van der Waals surface area contributed by atoms with E-state index in [1.807, 2.05) is 4.90 Å². The summed E-state index contributed by atoms with van der Waals surface area (Å²) >= 11 is 0. The summed E-state index contributed by atoms with van der Waals surface area (Å²) in [5, 5.41) is 0. The van der Waals surface area contributed by atoms with Crippen molar-refractivity contribution in [1.29, 1.82) is 0 Å². The fourth-order valence-electron chi connectivity index (χ4n) is 3.15. The molecule has 1 amide bonds. The van der Waals surface area contributed by atoms with Gasteiger partial charge in [0, 0.05) is 18.7 Å². The van der Waals surface area contributed by atoms with Crippen LogP contribution in [0, 0.1) is 5.92 Å². The summed E-state index contributed by atoms with van der Waals surface area (Å²) in [7, 11) is 1.37. The van der Waals surface area contributed by atoms with Crippen LogP contribution < -0.4 is 0 Å². The van der Waals surface area contributed by atoms with E-state index in [9.17, 15) is 9.59 Å². The second-order valence-electron chi connectivity index (χ2n) is 6.04. The molecule has 0 N–H and O–H groups in total. The second-order valence-corrected chi connectivity index (χ2v) is 6.04. The first-order chi connectivity index (χ1) is 11.1. The minimum atomic E-state index is -0.290. The predicted octanol–water partition coefficient (Wildman–Crippen LogP) is 3.26. The highest BCUT2D eigenvalue weighted by molar-refractivity contribution is 5.92. The summed E-state index contributed by atoms with van der Waals surface area (Å²) in [6.45, 7) is 2.57. The van der Waals surface area contributed by atoms with Crippen molar-refractivity contribution in [1.82, 2.24) is 4.90 Å². The average Bonchev–Trinajstić information content (AvgIpc) is 3.07. The number of furan rings is 1. The van der Waals surface area contributed by atoms with E-state index in [4.69, 9.17) is 9.15 Å². The zero-order chi connectivity index (χ0) is 16.7. The van der Waals surface area contributed by atoms with Crippen LogP contribution in [0.5, 0.6) is 0 Å². The number of nitrogens with zero attached hydrogens (tertiary/aromatic N) is 1. The largest absolute Gasteiger partial charge is 0.469 e. The summed E-state index contributed by atoms with van der Waals surface area (Å²) in [5.74, 6) is 0.718. The monoisotopic (exact) mass is 319 g/mol. The van der Waals surface area contributed by atoms with Crippen molar-refractivity contribution in [2.24, 2.45) is 5.92 Å². The molecule has 5 nitrogen and oxygen atoms in total.